The smallest absolute Gasteiger partial charge is 0.160 e. The second-order valence-corrected chi connectivity index (χ2v) is 15.0. The molecule has 48 heavy (non-hydrogen) atoms. The van der Waals surface area contributed by atoms with Crippen molar-refractivity contribution in [2.45, 2.75) is 80.8 Å². The van der Waals surface area contributed by atoms with Gasteiger partial charge < -0.3 is 30.5 Å². The van der Waals surface area contributed by atoms with Crippen molar-refractivity contribution in [1.29, 1.82) is 0 Å². The van der Waals surface area contributed by atoms with E-state index in [1.165, 1.54) is 7.11 Å². The van der Waals surface area contributed by atoms with Crippen LogP contribution in [0.1, 0.15) is 79.0 Å². The van der Waals surface area contributed by atoms with Gasteiger partial charge in [-0.15, -0.1) is 0 Å². The molecular weight excluding hydrogens is 602 g/mol. The van der Waals surface area contributed by atoms with Crippen LogP contribution in [0.5, 0.6) is 23.0 Å². The number of aromatic hydroxyl groups is 3. The molecule has 4 aliphatic carbocycles. The average Bonchev–Trinajstić information content (AvgIpc) is 3.09. The molecule has 2 saturated carbocycles. The average molecular weight is 648 g/mol. The van der Waals surface area contributed by atoms with Crippen molar-refractivity contribution in [3.8, 4) is 34.8 Å². The van der Waals surface area contributed by atoms with Gasteiger partial charge in [0.1, 0.15) is 5.78 Å². The molecule has 250 valence electrons. The fourth-order valence-corrected chi connectivity index (χ4v) is 10.9. The Labute approximate surface area is 282 Å². The number of aliphatic hydroxyl groups is 1. The van der Waals surface area contributed by atoms with Crippen LogP contribution < -0.4 is 10.1 Å². The molecule has 8 rings (SSSR count). The van der Waals surface area contributed by atoms with E-state index in [4.69, 9.17) is 4.74 Å². The minimum Gasteiger partial charge on any atom is -0.504 e. The number of fused-ring (bicyclic) bond motifs is 4. The zero-order chi connectivity index (χ0) is 33.2. The number of phenols is 3. The first-order valence-corrected chi connectivity index (χ1v) is 17.7. The number of carbonyl (C=O) groups is 1. The summed E-state index contributed by atoms with van der Waals surface area (Å²) in [4.78, 5) is 14.2. The van der Waals surface area contributed by atoms with Gasteiger partial charge in [-0.25, -0.2) is 0 Å². The van der Waals surface area contributed by atoms with Crippen molar-refractivity contribution < 1.29 is 30.0 Å². The molecule has 2 bridgehead atoms. The van der Waals surface area contributed by atoms with E-state index in [0.717, 1.165) is 54.4 Å². The first-order chi connectivity index (χ1) is 23.3. The summed E-state index contributed by atoms with van der Waals surface area (Å²) in [5, 5.41) is 48.3. The Hall–Kier alpha value is -3.99. The summed E-state index contributed by atoms with van der Waals surface area (Å²) in [5.74, 6) is 7.70. The lowest BCUT2D eigenvalue weighted by atomic mass is 9.40. The Morgan fingerprint density at radius 2 is 1.71 bits per heavy atom. The largest absolute Gasteiger partial charge is 0.504 e. The zero-order valence-corrected chi connectivity index (χ0v) is 27.4. The molecule has 3 aromatic rings. The number of aliphatic hydroxyl groups excluding tert-OH is 1. The Morgan fingerprint density at radius 1 is 0.917 bits per heavy atom. The number of benzene rings is 3. The third-order valence-corrected chi connectivity index (χ3v) is 12.8. The quantitative estimate of drug-likeness (QED) is 0.176. The van der Waals surface area contributed by atoms with E-state index in [0.29, 0.717) is 36.5 Å². The van der Waals surface area contributed by atoms with Crippen LogP contribution in [-0.4, -0.2) is 52.0 Å². The summed E-state index contributed by atoms with van der Waals surface area (Å²) in [5.41, 5.74) is 3.61. The van der Waals surface area contributed by atoms with Crippen LogP contribution >= 0.6 is 0 Å². The molecule has 1 spiro atoms. The summed E-state index contributed by atoms with van der Waals surface area (Å²) in [6, 6.07) is 19.1. The van der Waals surface area contributed by atoms with Gasteiger partial charge >= 0.3 is 0 Å². The van der Waals surface area contributed by atoms with Crippen LogP contribution in [0.3, 0.4) is 0 Å². The molecule has 0 radical (unpaired) electrons. The van der Waals surface area contributed by atoms with Crippen LogP contribution in [0.4, 0.5) is 0 Å². The molecule has 7 nitrogen and oxygen atoms in total. The zero-order valence-electron chi connectivity index (χ0n) is 27.4. The third kappa shape index (κ3) is 4.99. The number of Topliss-reactive ketones (excluding diaryl/α,β-unsaturated/α-hetero) is 1. The molecule has 1 aliphatic heterocycles. The predicted molar refractivity (Wildman–Crippen MR) is 182 cm³/mol. The second-order valence-electron chi connectivity index (χ2n) is 15.0. The highest BCUT2D eigenvalue weighted by molar-refractivity contribution is 5.80. The number of hydrogen-bond donors (Lipinski definition) is 5. The molecule has 0 aromatic heterocycles. The summed E-state index contributed by atoms with van der Waals surface area (Å²) in [6.45, 7) is 0.616. The molecular formula is C41H45NO6. The standard InChI is InChI=1S/C41H45NO6/c1-48-38-17-27(11-13-34(38)44)30-18-29(43)19-37(47)40-28(10-9-25(30)15-23-5-3-2-4-6-23)22-42-39-14-12-24-7-8-26-16-32(24)41(39,40)33-21-36(46)35(45)20-31(26)33/h2-6,11,13,17,20-21,24-26,28,30,32,37,39-40,42,44-47H,7-8,12,14-16,18-19,22H2,1H3/t24-,25-,26-,28+,30-,32-,37-,39-,40-,41-/m0/s1. The van der Waals surface area contributed by atoms with E-state index in [1.807, 2.05) is 30.3 Å². The SMILES string of the molecule is COc1cc([C@H]2CC(=O)C[C@H](O)[C@@H]3[C@H](C#C[C@H]2Cc2ccccc2)CN[C@H]2CC[C@@H]4CC[C@H]5C[C@@H]4[C@@]32c2cc(O)c(O)cc25)ccc1O. The first-order valence-electron chi connectivity index (χ1n) is 17.7. The third-order valence-electron chi connectivity index (χ3n) is 12.8. The van der Waals surface area contributed by atoms with E-state index in [1.54, 1.807) is 18.2 Å². The number of ether oxygens (including phenoxy) is 1. The maximum Gasteiger partial charge on any atom is 0.160 e. The highest BCUT2D eigenvalue weighted by atomic mass is 16.5. The van der Waals surface area contributed by atoms with Crippen LogP contribution in [0.2, 0.25) is 0 Å². The molecule has 1 saturated heterocycles. The topological polar surface area (TPSA) is 119 Å². The first kappa shape index (κ1) is 31.3. The number of ketones is 1. The number of rotatable bonds is 4. The van der Waals surface area contributed by atoms with Crippen molar-refractivity contribution in [3.63, 3.8) is 0 Å². The highest BCUT2D eigenvalue weighted by Gasteiger charge is 2.65. The van der Waals surface area contributed by atoms with E-state index in [-0.39, 0.29) is 65.6 Å². The van der Waals surface area contributed by atoms with Gasteiger partial charge in [0.05, 0.1) is 13.2 Å². The van der Waals surface area contributed by atoms with Crippen molar-refractivity contribution >= 4 is 5.78 Å². The lowest BCUT2D eigenvalue weighted by molar-refractivity contribution is -0.127. The van der Waals surface area contributed by atoms with Gasteiger partial charge in [-0.1, -0.05) is 48.2 Å². The Balaban J connectivity index is 1.29. The van der Waals surface area contributed by atoms with Crippen molar-refractivity contribution in [3.05, 3.63) is 82.9 Å². The van der Waals surface area contributed by atoms with Crippen LogP contribution in [0.25, 0.3) is 0 Å². The van der Waals surface area contributed by atoms with E-state index in [2.05, 4.69) is 29.3 Å². The predicted octanol–water partition coefficient (Wildman–Crippen LogP) is 5.93. The lowest BCUT2D eigenvalue weighted by Crippen LogP contribution is -2.71. The molecule has 1 heterocycles. The van der Waals surface area contributed by atoms with Crippen LogP contribution in [0.15, 0.2) is 60.7 Å². The maximum atomic E-state index is 14.2. The number of methoxy groups -OCH3 is 1. The Bertz CT molecular complexity index is 1780. The van der Waals surface area contributed by atoms with Crippen LogP contribution in [0, 0.1) is 41.4 Å². The van der Waals surface area contributed by atoms with Gasteiger partial charge in [-0.3, -0.25) is 4.79 Å². The number of hydrogen-bond acceptors (Lipinski definition) is 7. The Morgan fingerprint density at radius 3 is 2.52 bits per heavy atom. The molecule has 7 heteroatoms. The van der Waals surface area contributed by atoms with Crippen molar-refractivity contribution in [2.75, 3.05) is 13.7 Å². The van der Waals surface area contributed by atoms with Gasteiger partial charge in [-0.2, -0.15) is 0 Å². The van der Waals surface area contributed by atoms with E-state index < -0.39 is 11.5 Å². The minimum atomic E-state index is -0.914. The molecule has 0 unspecified atom stereocenters. The lowest BCUT2D eigenvalue weighted by Gasteiger charge is -2.66. The number of piperidine rings is 1. The molecule has 5 N–H and O–H groups in total. The highest BCUT2D eigenvalue weighted by Crippen LogP contribution is 2.66. The second kappa shape index (κ2) is 12.2. The molecule has 0 amide bonds. The number of carbonyl (C=O) groups excluding carboxylic acids is 1. The summed E-state index contributed by atoms with van der Waals surface area (Å²) in [6.07, 6.45) is 5.23. The van der Waals surface area contributed by atoms with Gasteiger partial charge in [-0.05, 0) is 103 Å². The van der Waals surface area contributed by atoms with Gasteiger partial charge in [0, 0.05) is 54.5 Å². The summed E-state index contributed by atoms with van der Waals surface area (Å²) in [7, 11) is 1.52. The van der Waals surface area contributed by atoms with Crippen molar-refractivity contribution in [2.24, 2.45) is 29.6 Å². The molecule has 3 aromatic carbocycles. The monoisotopic (exact) mass is 647 g/mol. The molecule has 10 atom stereocenters. The van der Waals surface area contributed by atoms with E-state index in [9.17, 15) is 25.2 Å². The number of phenolic OH excluding ortho intramolecular Hbond substituents is 3. The normalized spacial score (nSPS) is 35.2. The van der Waals surface area contributed by atoms with Gasteiger partial charge in [0.15, 0.2) is 23.0 Å². The minimum absolute atomic E-state index is 0.00926. The summed E-state index contributed by atoms with van der Waals surface area (Å²) < 4.78 is 5.46. The van der Waals surface area contributed by atoms with Crippen molar-refractivity contribution in [1.82, 2.24) is 5.32 Å². The molecule has 3 fully saturated rings. The van der Waals surface area contributed by atoms with Gasteiger partial charge in [0.2, 0.25) is 0 Å². The fourth-order valence-electron chi connectivity index (χ4n) is 10.9. The number of nitrogens with one attached hydrogen (secondary N) is 1. The summed E-state index contributed by atoms with van der Waals surface area (Å²) >= 11 is 0. The maximum absolute atomic E-state index is 14.2. The molecule has 5 aliphatic rings. The van der Waals surface area contributed by atoms with Crippen LogP contribution in [-0.2, 0) is 16.6 Å². The fraction of sp³-hybridized carbons (Fsp3) is 0.488. The van der Waals surface area contributed by atoms with Gasteiger partial charge in [0.25, 0.3) is 0 Å². The van der Waals surface area contributed by atoms with E-state index >= 15 is 0 Å². The Kier molecular flexibility index (Phi) is 7.93.